The van der Waals surface area contributed by atoms with Crippen molar-refractivity contribution in [2.75, 3.05) is 13.2 Å². The van der Waals surface area contributed by atoms with Gasteiger partial charge in [0, 0.05) is 39.1 Å². The number of amides is 2. The Labute approximate surface area is 308 Å². The lowest BCUT2D eigenvalue weighted by atomic mass is 10.0. The Morgan fingerprint density at radius 3 is 0.760 bits per heavy atom. The molecule has 290 valence electrons. The Balaban J connectivity index is 1.89. The maximum Gasteiger partial charge on any atom is 0.220 e. The molecule has 1 rings (SSSR count). The van der Waals surface area contributed by atoms with Gasteiger partial charge in [-0.2, -0.15) is 0 Å². The van der Waals surface area contributed by atoms with Crippen molar-refractivity contribution in [3.8, 4) is 0 Å². The fourth-order valence-electron chi connectivity index (χ4n) is 6.74. The van der Waals surface area contributed by atoms with E-state index in [-0.39, 0.29) is 11.8 Å². The van der Waals surface area contributed by atoms with Gasteiger partial charge in [0.05, 0.1) is 0 Å². The summed E-state index contributed by atoms with van der Waals surface area (Å²) in [6.07, 6.45) is 38.9. The van der Waals surface area contributed by atoms with Gasteiger partial charge in [-0.25, -0.2) is 0 Å². The zero-order valence-corrected chi connectivity index (χ0v) is 32.5. The molecular weight excluding hydrogens is 620 g/mol. The second-order valence-corrected chi connectivity index (χ2v) is 14.9. The van der Waals surface area contributed by atoms with E-state index in [1.807, 2.05) is 24.3 Å². The minimum absolute atomic E-state index is 0.137. The summed E-state index contributed by atoms with van der Waals surface area (Å²) in [5.41, 5.74) is 2.18. The van der Waals surface area contributed by atoms with Crippen molar-refractivity contribution >= 4 is 11.8 Å². The van der Waals surface area contributed by atoms with Gasteiger partial charge >= 0.3 is 0 Å². The molecule has 1 aromatic carbocycles. The molecule has 0 bridgehead atoms. The predicted octanol–water partition coefficient (Wildman–Crippen LogP) is 11.4. The van der Waals surface area contributed by atoms with Crippen LogP contribution in [0.3, 0.4) is 0 Å². The first-order valence-corrected chi connectivity index (χ1v) is 21.5. The fourth-order valence-corrected chi connectivity index (χ4v) is 6.74. The van der Waals surface area contributed by atoms with E-state index in [1.165, 1.54) is 154 Å². The number of hydrogen-bond acceptors (Lipinski definition) is 4. The summed E-state index contributed by atoms with van der Waals surface area (Å²) in [4.78, 5) is 24.6. The van der Waals surface area contributed by atoms with Crippen molar-refractivity contribution in [2.45, 2.75) is 219 Å². The normalized spacial score (nSPS) is 11.2. The summed E-state index contributed by atoms with van der Waals surface area (Å²) in [6.45, 7) is 1.80. The third kappa shape index (κ3) is 32.0. The first kappa shape index (κ1) is 46.1. The second-order valence-electron chi connectivity index (χ2n) is 14.9. The lowest BCUT2D eigenvalue weighted by Crippen LogP contribution is -2.23. The standard InChI is InChI=1S/C44H80N2O4/c47-37-29-25-21-17-13-9-5-1-3-7-11-15-19-23-27-31-43(49)45-39-41-33-35-42(36-34-41)40-46-44(50)32-28-24-20-16-12-8-4-2-6-10-14-18-22-26-30-38-48/h33-36,47-48H,1-32,37-40H2,(H,45,49)(H,46,50). The molecule has 0 unspecified atom stereocenters. The van der Waals surface area contributed by atoms with Gasteiger partial charge in [-0.15, -0.1) is 0 Å². The number of carbonyl (C=O) groups excluding carboxylic acids is 2. The number of hydrogen-bond donors (Lipinski definition) is 4. The molecule has 0 aliphatic carbocycles. The van der Waals surface area contributed by atoms with Crippen LogP contribution in [-0.4, -0.2) is 35.2 Å². The van der Waals surface area contributed by atoms with Crippen LogP contribution in [0.15, 0.2) is 24.3 Å². The average molecular weight is 701 g/mol. The van der Waals surface area contributed by atoms with Crippen LogP contribution in [0.25, 0.3) is 0 Å². The molecule has 0 fully saturated rings. The van der Waals surface area contributed by atoms with Crippen molar-refractivity contribution < 1.29 is 19.8 Å². The Hall–Kier alpha value is -1.92. The molecule has 0 aromatic heterocycles. The molecule has 4 N–H and O–H groups in total. The smallest absolute Gasteiger partial charge is 0.220 e. The van der Waals surface area contributed by atoms with Crippen molar-refractivity contribution in [3.63, 3.8) is 0 Å². The summed E-state index contributed by atoms with van der Waals surface area (Å²) >= 11 is 0. The number of carbonyl (C=O) groups is 2. The number of aliphatic hydroxyl groups excluding tert-OH is 2. The zero-order valence-electron chi connectivity index (χ0n) is 32.5. The molecule has 0 heterocycles. The maximum atomic E-state index is 12.3. The van der Waals surface area contributed by atoms with Crippen LogP contribution in [0.4, 0.5) is 0 Å². The number of unbranched alkanes of at least 4 members (excludes halogenated alkanes) is 28. The highest BCUT2D eigenvalue weighted by Crippen LogP contribution is 2.15. The number of benzene rings is 1. The van der Waals surface area contributed by atoms with E-state index in [2.05, 4.69) is 10.6 Å². The van der Waals surface area contributed by atoms with Gasteiger partial charge in [0.25, 0.3) is 0 Å². The summed E-state index contributed by atoms with van der Waals surface area (Å²) in [5.74, 6) is 0.275. The molecular formula is C44H80N2O4. The van der Waals surface area contributed by atoms with Crippen molar-refractivity contribution in [1.82, 2.24) is 10.6 Å². The monoisotopic (exact) mass is 701 g/mol. The van der Waals surface area contributed by atoms with Gasteiger partial charge < -0.3 is 20.8 Å². The molecule has 6 nitrogen and oxygen atoms in total. The van der Waals surface area contributed by atoms with Crippen LogP contribution in [0.1, 0.15) is 217 Å². The first-order chi connectivity index (χ1) is 24.7. The van der Waals surface area contributed by atoms with Crippen LogP contribution in [-0.2, 0) is 22.7 Å². The van der Waals surface area contributed by atoms with Crippen molar-refractivity contribution in [2.24, 2.45) is 0 Å². The SMILES string of the molecule is O=C(CCCCCCCCCCCCCCCCCO)NCc1ccc(CNC(=O)CCCCCCCCCCCCCCCCCO)cc1. The van der Waals surface area contributed by atoms with Gasteiger partial charge in [-0.05, 0) is 36.8 Å². The number of rotatable bonds is 38. The molecule has 0 spiro atoms. The molecule has 2 amide bonds. The van der Waals surface area contributed by atoms with E-state index >= 15 is 0 Å². The van der Waals surface area contributed by atoms with E-state index in [4.69, 9.17) is 10.2 Å². The fraction of sp³-hybridized carbons (Fsp3) is 0.818. The second kappa shape index (κ2) is 36.9. The minimum Gasteiger partial charge on any atom is -0.396 e. The third-order valence-electron chi connectivity index (χ3n) is 10.1. The van der Waals surface area contributed by atoms with Gasteiger partial charge in [0.2, 0.25) is 11.8 Å². The molecule has 0 aliphatic heterocycles. The highest BCUT2D eigenvalue weighted by Gasteiger charge is 2.04. The molecule has 6 heteroatoms. The Kier molecular flexibility index (Phi) is 34.0. The first-order valence-electron chi connectivity index (χ1n) is 21.5. The molecule has 0 radical (unpaired) electrons. The molecule has 50 heavy (non-hydrogen) atoms. The molecule has 0 saturated heterocycles. The molecule has 1 aromatic rings. The summed E-state index contributed by atoms with van der Waals surface area (Å²) in [6, 6.07) is 8.19. The van der Waals surface area contributed by atoms with Crippen LogP contribution in [0.2, 0.25) is 0 Å². The van der Waals surface area contributed by atoms with E-state index in [1.54, 1.807) is 0 Å². The molecule has 0 aliphatic rings. The number of nitrogens with one attached hydrogen (secondary N) is 2. The summed E-state index contributed by atoms with van der Waals surface area (Å²) < 4.78 is 0. The van der Waals surface area contributed by atoms with E-state index in [0.717, 1.165) is 49.7 Å². The zero-order chi connectivity index (χ0) is 36.0. The molecule has 0 saturated carbocycles. The van der Waals surface area contributed by atoms with E-state index < -0.39 is 0 Å². The van der Waals surface area contributed by atoms with E-state index in [9.17, 15) is 9.59 Å². The highest BCUT2D eigenvalue weighted by molar-refractivity contribution is 5.76. The Morgan fingerprint density at radius 1 is 0.340 bits per heavy atom. The summed E-state index contributed by atoms with van der Waals surface area (Å²) in [5, 5.41) is 23.7. The maximum absolute atomic E-state index is 12.3. The quantitative estimate of drug-likeness (QED) is 0.0516. The lowest BCUT2D eigenvalue weighted by Gasteiger charge is -2.08. The predicted molar refractivity (Wildman–Crippen MR) is 212 cm³/mol. The lowest BCUT2D eigenvalue weighted by molar-refractivity contribution is -0.122. The van der Waals surface area contributed by atoms with Gasteiger partial charge in [-0.3, -0.25) is 9.59 Å². The minimum atomic E-state index is 0.137. The van der Waals surface area contributed by atoms with Gasteiger partial charge in [0.15, 0.2) is 0 Å². The molecule has 0 atom stereocenters. The van der Waals surface area contributed by atoms with Crippen LogP contribution >= 0.6 is 0 Å². The number of aliphatic hydroxyl groups is 2. The van der Waals surface area contributed by atoms with Crippen molar-refractivity contribution in [3.05, 3.63) is 35.4 Å². The average Bonchev–Trinajstić information content (AvgIpc) is 3.13. The van der Waals surface area contributed by atoms with Crippen LogP contribution in [0.5, 0.6) is 0 Å². The Bertz CT molecular complexity index is 804. The summed E-state index contributed by atoms with van der Waals surface area (Å²) in [7, 11) is 0. The highest BCUT2D eigenvalue weighted by atomic mass is 16.3. The van der Waals surface area contributed by atoms with Gasteiger partial charge in [0.1, 0.15) is 0 Å². The van der Waals surface area contributed by atoms with Crippen LogP contribution < -0.4 is 10.6 Å². The topological polar surface area (TPSA) is 98.7 Å². The van der Waals surface area contributed by atoms with Gasteiger partial charge in [-0.1, -0.05) is 191 Å². The third-order valence-corrected chi connectivity index (χ3v) is 10.1. The largest absolute Gasteiger partial charge is 0.396 e. The van der Waals surface area contributed by atoms with E-state index in [0.29, 0.717) is 39.1 Å². The van der Waals surface area contributed by atoms with Crippen molar-refractivity contribution in [1.29, 1.82) is 0 Å². The Morgan fingerprint density at radius 2 is 0.540 bits per heavy atom. The van der Waals surface area contributed by atoms with Crippen LogP contribution in [0, 0.1) is 0 Å².